The molecule has 0 aliphatic carbocycles. The number of hydrogen-bond acceptors (Lipinski definition) is 7. The lowest BCUT2D eigenvalue weighted by Gasteiger charge is -2.39. The van der Waals surface area contributed by atoms with E-state index in [-0.39, 0.29) is 17.6 Å². The summed E-state index contributed by atoms with van der Waals surface area (Å²) in [6, 6.07) is 0.0436. The largest absolute Gasteiger partial charge is 0.476 e. The number of aromatic nitrogens is 2. The fourth-order valence-corrected chi connectivity index (χ4v) is 2.74. The second kappa shape index (κ2) is 6.00. The summed E-state index contributed by atoms with van der Waals surface area (Å²) in [5.41, 5.74) is 5.64. The lowest BCUT2D eigenvalue weighted by molar-refractivity contribution is -0.385. The van der Waals surface area contributed by atoms with E-state index in [9.17, 15) is 10.1 Å². The first-order valence-electron chi connectivity index (χ1n) is 6.60. The van der Waals surface area contributed by atoms with Crippen molar-refractivity contribution in [1.29, 1.82) is 0 Å². The van der Waals surface area contributed by atoms with Crippen LogP contribution in [-0.2, 0) is 0 Å². The smallest absolute Gasteiger partial charge is 0.372 e. The molecule has 1 fully saturated rings. The topological polar surface area (TPSA) is 107 Å². The molecule has 8 heteroatoms. The molecule has 0 radical (unpaired) electrons. The number of anilines is 1. The van der Waals surface area contributed by atoms with Crippen LogP contribution in [0.25, 0.3) is 0 Å². The van der Waals surface area contributed by atoms with Crippen LogP contribution in [0.1, 0.15) is 19.8 Å². The number of nitro groups is 1. The third-order valence-corrected chi connectivity index (χ3v) is 3.77. The molecule has 1 aromatic rings. The minimum Gasteiger partial charge on any atom is -0.476 e. The molecule has 0 saturated carbocycles. The molecule has 0 amide bonds. The van der Waals surface area contributed by atoms with Gasteiger partial charge in [0.1, 0.15) is 6.33 Å². The molecule has 0 bridgehead atoms. The molecule has 1 aromatic heterocycles. The van der Waals surface area contributed by atoms with Crippen molar-refractivity contribution >= 4 is 11.5 Å². The zero-order valence-corrected chi connectivity index (χ0v) is 11.7. The molecule has 110 valence electrons. The van der Waals surface area contributed by atoms with Gasteiger partial charge in [-0.3, -0.25) is 10.1 Å². The molecule has 0 aromatic carbocycles. The number of hydrogen-bond donors (Lipinski definition) is 1. The van der Waals surface area contributed by atoms with Crippen molar-refractivity contribution in [3.63, 3.8) is 0 Å². The van der Waals surface area contributed by atoms with Gasteiger partial charge in [0, 0.05) is 19.1 Å². The summed E-state index contributed by atoms with van der Waals surface area (Å²) in [5, 5.41) is 11.3. The van der Waals surface area contributed by atoms with Gasteiger partial charge in [-0.2, -0.15) is 4.98 Å². The standard InChI is InChI=1S/C12H19N5O3/c1-8-4-3-5-16(9(8)6-13)11-10(17(18)19)12(20-2)15-7-14-11/h7-9H,3-6,13H2,1-2H3. The van der Waals surface area contributed by atoms with Gasteiger partial charge in [-0.15, -0.1) is 0 Å². The lowest BCUT2D eigenvalue weighted by Crippen LogP contribution is -2.49. The SMILES string of the molecule is COc1ncnc(N2CCCC(C)C2CN)c1[N+](=O)[O-]. The summed E-state index contributed by atoms with van der Waals surface area (Å²) in [6.45, 7) is 3.24. The molecule has 2 atom stereocenters. The minimum atomic E-state index is -0.499. The number of nitrogens with zero attached hydrogens (tertiary/aromatic N) is 4. The van der Waals surface area contributed by atoms with Gasteiger partial charge >= 0.3 is 5.69 Å². The highest BCUT2D eigenvalue weighted by Gasteiger charge is 2.35. The van der Waals surface area contributed by atoms with Crippen molar-refractivity contribution in [3.05, 3.63) is 16.4 Å². The van der Waals surface area contributed by atoms with Gasteiger partial charge in [-0.05, 0) is 18.8 Å². The Balaban J connectivity index is 2.48. The van der Waals surface area contributed by atoms with Crippen LogP contribution in [0.5, 0.6) is 5.88 Å². The maximum Gasteiger partial charge on any atom is 0.372 e. The Morgan fingerprint density at radius 2 is 2.35 bits per heavy atom. The van der Waals surface area contributed by atoms with Crippen molar-refractivity contribution in [3.8, 4) is 5.88 Å². The molecular formula is C12H19N5O3. The molecule has 2 unspecified atom stereocenters. The predicted octanol–water partition coefficient (Wildman–Crippen LogP) is 0.957. The summed E-state index contributed by atoms with van der Waals surface area (Å²) in [5.74, 6) is 0.646. The van der Waals surface area contributed by atoms with Crippen LogP contribution in [0.4, 0.5) is 11.5 Å². The van der Waals surface area contributed by atoms with Gasteiger partial charge < -0.3 is 15.4 Å². The Morgan fingerprint density at radius 1 is 1.60 bits per heavy atom. The summed E-state index contributed by atoms with van der Waals surface area (Å²) in [7, 11) is 1.36. The van der Waals surface area contributed by atoms with Crippen LogP contribution in [0.2, 0.25) is 0 Å². The van der Waals surface area contributed by atoms with Crippen molar-refractivity contribution < 1.29 is 9.66 Å². The van der Waals surface area contributed by atoms with Crippen molar-refractivity contribution in [2.24, 2.45) is 11.7 Å². The van der Waals surface area contributed by atoms with Crippen molar-refractivity contribution in [2.45, 2.75) is 25.8 Å². The molecular weight excluding hydrogens is 262 g/mol. The Bertz CT molecular complexity index is 496. The third kappa shape index (κ3) is 2.51. The number of piperidine rings is 1. The molecule has 2 N–H and O–H groups in total. The molecule has 2 heterocycles. The zero-order chi connectivity index (χ0) is 14.7. The molecule has 20 heavy (non-hydrogen) atoms. The van der Waals surface area contributed by atoms with E-state index < -0.39 is 4.92 Å². The monoisotopic (exact) mass is 281 g/mol. The first kappa shape index (κ1) is 14.4. The zero-order valence-electron chi connectivity index (χ0n) is 11.7. The maximum absolute atomic E-state index is 11.3. The van der Waals surface area contributed by atoms with Gasteiger partial charge in [0.15, 0.2) is 0 Å². The van der Waals surface area contributed by atoms with Crippen LogP contribution in [0.15, 0.2) is 6.33 Å². The fraction of sp³-hybridized carbons (Fsp3) is 0.667. The third-order valence-electron chi connectivity index (χ3n) is 3.77. The molecule has 8 nitrogen and oxygen atoms in total. The van der Waals surface area contributed by atoms with E-state index in [1.165, 1.54) is 13.4 Å². The number of ether oxygens (including phenoxy) is 1. The van der Waals surface area contributed by atoms with Crippen LogP contribution in [-0.4, -0.2) is 41.1 Å². The van der Waals surface area contributed by atoms with Crippen LogP contribution >= 0.6 is 0 Å². The van der Waals surface area contributed by atoms with Crippen molar-refractivity contribution in [2.75, 3.05) is 25.1 Å². The van der Waals surface area contributed by atoms with Gasteiger partial charge in [0.05, 0.1) is 12.0 Å². The van der Waals surface area contributed by atoms with E-state index in [2.05, 4.69) is 16.9 Å². The van der Waals surface area contributed by atoms with Gasteiger partial charge in [-0.1, -0.05) is 6.92 Å². The molecule has 1 saturated heterocycles. The molecule has 1 aliphatic heterocycles. The summed E-state index contributed by atoms with van der Waals surface area (Å²) in [6.07, 6.45) is 3.31. The van der Waals surface area contributed by atoms with E-state index in [1.54, 1.807) is 0 Å². The quantitative estimate of drug-likeness (QED) is 0.646. The normalized spacial score (nSPS) is 22.6. The Kier molecular flexibility index (Phi) is 4.33. The van der Waals surface area contributed by atoms with E-state index in [0.717, 1.165) is 12.8 Å². The van der Waals surface area contributed by atoms with E-state index >= 15 is 0 Å². The average Bonchev–Trinajstić information content (AvgIpc) is 2.45. The van der Waals surface area contributed by atoms with Crippen LogP contribution < -0.4 is 15.4 Å². The van der Waals surface area contributed by atoms with Crippen molar-refractivity contribution in [1.82, 2.24) is 9.97 Å². The fourth-order valence-electron chi connectivity index (χ4n) is 2.74. The predicted molar refractivity (Wildman–Crippen MR) is 73.8 cm³/mol. The van der Waals surface area contributed by atoms with Gasteiger partial charge in [-0.25, -0.2) is 4.98 Å². The maximum atomic E-state index is 11.3. The Morgan fingerprint density at radius 3 is 2.95 bits per heavy atom. The second-order valence-corrected chi connectivity index (χ2v) is 4.93. The van der Waals surface area contributed by atoms with Gasteiger partial charge in [0.2, 0.25) is 5.82 Å². The first-order chi connectivity index (χ1) is 9.60. The minimum absolute atomic E-state index is 0.0194. The highest BCUT2D eigenvalue weighted by molar-refractivity contribution is 5.63. The Hall–Kier alpha value is -1.96. The molecule has 2 rings (SSSR count). The second-order valence-electron chi connectivity index (χ2n) is 4.93. The summed E-state index contributed by atoms with van der Waals surface area (Å²) in [4.78, 5) is 20.6. The van der Waals surface area contributed by atoms with E-state index in [0.29, 0.717) is 24.8 Å². The molecule has 0 spiro atoms. The molecule has 1 aliphatic rings. The number of methoxy groups -OCH3 is 1. The van der Waals surface area contributed by atoms with E-state index in [1.807, 2.05) is 4.90 Å². The van der Waals surface area contributed by atoms with E-state index in [4.69, 9.17) is 10.5 Å². The number of nitrogens with two attached hydrogens (primary N) is 1. The van der Waals surface area contributed by atoms with Crippen LogP contribution in [0, 0.1) is 16.0 Å². The van der Waals surface area contributed by atoms with Gasteiger partial charge in [0.25, 0.3) is 5.88 Å². The van der Waals surface area contributed by atoms with Crippen LogP contribution in [0.3, 0.4) is 0 Å². The number of rotatable bonds is 4. The average molecular weight is 281 g/mol. The highest BCUT2D eigenvalue weighted by atomic mass is 16.6. The summed E-state index contributed by atoms with van der Waals surface area (Å²) >= 11 is 0. The lowest BCUT2D eigenvalue weighted by atomic mass is 9.91. The summed E-state index contributed by atoms with van der Waals surface area (Å²) < 4.78 is 4.98. The first-order valence-corrected chi connectivity index (χ1v) is 6.60. The Labute approximate surface area is 117 Å². The highest BCUT2D eigenvalue weighted by Crippen LogP contribution is 2.37.